The van der Waals surface area contributed by atoms with Crippen molar-refractivity contribution in [2.75, 3.05) is 11.9 Å². The largest absolute Gasteiger partial charge is 0.471 e. The van der Waals surface area contributed by atoms with Gasteiger partial charge in [0, 0.05) is 17.1 Å². The molecule has 2 heterocycles. The van der Waals surface area contributed by atoms with Gasteiger partial charge in [-0.05, 0) is 25.1 Å². The third-order valence-electron chi connectivity index (χ3n) is 3.81. The number of fused-ring (bicyclic) bond motifs is 1. The van der Waals surface area contributed by atoms with Crippen LogP contribution in [0.4, 0.5) is 23.2 Å². The van der Waals surface area contributed by atoms with Crippen LogP contribution in [0.15, 0.2) is 48.7 Å². The topological polar surface area (TPSA) is 64.1 Å². The van der Waals surface area contributed by atoms with Crippen molar-refractivity contribution in [3.8, 4) is 5.88 Å². The maximum absolute atomic E-state index is 12.9. The number of pyridine rings is 2. The first-order chi connectivity index (χ1) is 13.3. The lowest BCUT2D eigenvalue weighted by Gasteiger charge is -2.15. The molecule has 0 aliphatic heterocycles. The molecule has 0 radical (unpaired) electrons. The number of alkyl halides is 4. The summed E-state index contributed by atoms with van der Waals surface area (Å²) in [5.74, 6) is -4.93. The molecule has 3 rings (SSSR count). The molecule has 1 aromatic carbocycles. The van der Waals surface area contributed by atoms with Gasteiger partial charge in [-0.15, -0.1) is 0 Å². The lowest BCUT2D eigenvalue weighted by molar-refractivity contribution is -0.148. The first-order valence-electron chi connectivity index (χ1n) is 8.19. The normalized spacial score (nSPS) is 11.6. The Balaban J connectivity index is 1.72. The number of amides is 1. The van der Waals surface area contributed by atoms with Crippen molar-refractivity contribution >= 4 is 22.5 Å². The zero-order chi connectivity index (χ0) is 20.3. The van der Waals surface area contributed by atoms with Crippen LogP contribution in [-0.4, -0.2) is 34.8 Å². The van der Waals surface area contributed by atoms with Crippen LogP contribution in [0, 0.1) is 6.92 Å². The zero-order valence-corrected chi connectivity index (χ0v) is 14.6. The number of halogens is 4. The van der Waals surface area contributed by atoms with Crippen molar-refractivity contribution in [3.05, 3.63) is 59.9 Å². The molecule has 5 nitrogen and oxygen atoms in total. The second-order valence-corrected chi connectivity index (χ2v) is 6.02. The van der Waals surface area contributed by atoms with E-state index in [4.69, 9.17) is 0 Å². The van der Waals surface area contributed by atoms with E-state index in [9.17, 15) is 22.4 Å². The Morgan fingerprint density at radius 1 is 1.21 bits per heavy atom. The van der Waals surface area contributed by atoms with Crippen LogP contribution in [0.25, 0.3) is 10.9 Å². The molecule has 28 heavy (non-hydrogen) atoms. The van der Waals surface area contributed by atoms with E-state index in [-0.39, 0.29) is 11.6 Å². The molecule has 9 heteroatoms. The Kier molecular flexibility index (Phi) is 5.43. The van der Waals surface area contributed by atoms with Gasteiger partial charge in [0.05, 0.1) is 23.0 Å². The van der Waals surface area contributed by atoms with E-state index >= 15 is 0 Å². The highest BCUT2D eigenvalue weighted by molar-refractivity contribution is 6.12. The Hall–Kier alpha value is -3.23. The van der Waals surface area contributed by atoms with E-state index < -0.39 is 24.9 Å². The molecule has 2 aromatic heterocycles. The van der Waals surface area contributed by atoms with Crippen LogP contribution in [-0.2, 0) is 0 Å². The molecular weight excluding hydrogens is 378 g/mol. The molecule has 0 spiro atoms. The van der Waals surface area contributed by atoms with Crippen LogP contribution in [0.1, 0.15) is 16.1 Å². The number of anilines is 1. The van der Waals surface area contributed by atoms with E-state index in [1.807, 2.05) is 6.07 Å². The zero-order valence-electron chi connectivity index (χ0n) is 14.6. The molecule has 0 unspecified atom stereocenters. The first kappa shape index (κ1) is 19.5. The molecule has 0 fully saturated rings. The SMILES string of the molecule is Cc1cc(C(=O)Nc2ccc(OCC(F)(F)C(F)F)nc2)c2ccccc2n1. The van der Waals surface area contributed by atoms with Gasteiger partial charge in [0.25, 0.3) is 5.91 Å². The third kappa shape index (κ3) is 4.36. The van der Waals surface area contributed by atoms with Crippen LogP contribution in [0.3, 0.4) is 0 Å². The predicted octanol–water partition coefficient (Wildman–Crippen LogP) is 4.47. The van der Waals surface area contributed by atoms with Crippen molar-refractivity contribution in [2.45, 2.75) is 19.3 Å². The Bertz CT molecular complexity index is 994. The number of hydrogen-bond acceptors (Lipinski definition) is 4. The van der Waals surface area contributed by atoms with Gasteiger partial charge in [0.2, 0.25) is 5.88 Å². The Morgan fingerprint density at radius 3 is 2.64 bits per heavy atom. The van der Waals surface area contributed by atoms with Crippen molar-refractivity contribution in [2.24, 2.45) is 0 Å². The highest BCUT2D eigenvalue weighted by Gasteiger charge is 2.41. The summed E-state index contributed by atoms with van der Waals surface area (Å²) < 4.78 is 54.6. The van der Waals surface area contributed by atoms with Gasteiger partial charge in [-0.3, -0.25) is 9.78 Å². The highest BCUT2D eigenvalue weighted by atomic mass is 19.3. The molecule has 0 atom stereocenters. The summed E-state index contributed by atoms with van der Waals surface area (Å²) in [4.78, 5) is 20.7. The summed E-state index contributed by atoms with van der Waals surface area (Å²) in [7, 11) is 0. The first-order valence-corrected chi connectivity index (χ1v) is 8.19. The van der Waals surface area contributed by atoms with E-state index in [1.54, 1.807) is 31.2 Å². The van der Waals surface area contributed by atoms with Gasteiger partial charge >= 0.3 is 12.3 Å². The molecule has 0 bridgehead atoms. The van der Waals surface area contributed by atoms with E-state index in [0.717, 1.165) is 0 Å². The molecule has 1 N–H and O–H groups in total. The number of nitrogens with zero attached hydrogens (tertiary/aromatic N) is 2. The fourth-order valence-corrected chi connectivity index (χ4v) is 2.47. The maximum atomic E-state index is 12.9. The number of carbonyl (C=O) groups excluding carboxylic acids is 1. The summed E-state index contributed by atoms with van der Waals surface area (Å²) >= 11 is 0. The van der Waals surface area contributed by atoms with Gasteiger partial charge in [0.15, 0.2) is 6.61 Å². The average molecular weight is 393 g/mol. The second-order valence-electron chi connectivity index (χ2n) is 6.02. The summed E-state index contributed by atoms with van der Waals surface area (Å²) in [6.45, 7) is 0.276. The van der Waals surface area contributed by atoms with Crippen LogP contribution >= 0.6 is 0 Å². The van der Waals surface area contributed by atoms with Gasteiger partial charge in [-0.25, -0.2) is 13.8 Å². The molecule has 3 aromatic rings. The minimum absolute atomic E-state index is 0.261. The number of benzene rings is 1. The van der Waals surface area contributed by atoms with Gasteiger partial charge in [0.1, 0.15) is 0 Å². The van der Waals surface area contributed by atoms with Crippen LogP contribution < -0.4 is 10.1 Å². The molecular formula is C19H15F4N3O2. The van der Waals surface area contributed by atoms with Crippen molar-refractivity contribution in [3.63, 3.8) is 0 Å². The lowest BCUT2D eigenvalue weighted by Crippen LogP contribution is -2.33. The van der Waals surface area contributed by atoms with Gasteiger partial charge in [-0.2, -0.15) is 8.78 Å². The summed E-state index contributed by atoms with van der Waals surface area (Å²) in [5, 5.41) is 3.32. The summed E-state index contributed by atoms with van der Waals surface area (Å²) in [5.41, 5.74) is 2.05. The predicted molar refractivity (Wildman–Crippen MR) is 95.1 cm³/mol. The molecule has 0 aliphatic rings. The number of hydrogen-bond donors (Lipinski definition) is 1. The smallest absolute Gasteiger partial charge is 0.340 e. The number of aryl methyl sites for hydroxylation is 1. The third-order valence-corrected chi connectivity index (χ3v) is 3.81. The average Bonchev–Trinajstić information content (AvgIpc) is 2.66. The molecule has 0 aliphatic carbocycles. The molecule has 146 valence electrons. The summed E-state index contributed by atoms with van der Waals surface area (Å²) in [6, 6.07) is 11.4. The Morgan fingerprint density at radius 2 is 1.96 bits per heavy atom. The maximum Gasteiger partial charge on any atom is 0.340 e. The van der Waals surface area contributed by atoms with Crippen LogP contribution in [0.5, 0.6) is 5.88 Å². The Labute approximate surface area is 157 Å². The number of carbonyl (C=O) groups is 1. The van der Waals surface area contributed by atoms with Gasteiger partial charge < -0.3 is 10.1 Å². The van der Waals surface area contributed by atoms with E-state index in [0.29, 0.717) is 22.2 Å². The summed E-state index contributed by atoms with van der Waals surface area (Å²) in [6.07, 6.45) is -2.64. The lowest BCUT2D eigenvalue weighted by atomic mass is 10.1. The molecule has 0 saturated carbocycles. The number of nitrogens with one attached hydrogen (secondary N) is 1. The fraction of sp³-hybridized carbons (Fsp3) is 0.211. The minimum Gasteiger partial charge on any atom is -0.471 e. The number of para-hydroxylation sites is 1. The molecule has 0 saturated heterocycles. The quantitative estimate of drug-likeness (QED) is 0.628. The second kappa shape index (κ2) is 7.79. The van der Waals surface area contributed by atoms with E-state index in [1.165, 1.54) is 18.3 Å². The molecule has 1 amide bonds. The van der Waals surface area contributed by atoms with E-state index in [2.05, 4.69) is 20.0 Å². The van der Waals surface area contributed by atoms with Crippen molar-refractivity contribution in [1.29, 1.82) is 0 Å². The monoisotopic (exact) mass is 393 g/mol. The van der Waals surface area contributed by atoms with Crippen LogP contribution in [0.2, 0.25) is 0 Å². The van der Waals surface area contributed by atoms with Crippen molar-refractivity contribution < 1.29 is 27.1 Å². The standard InChI is InChI=1S/C19H15F4N3O2/c1-11-8-14(13-4-2-3-5-15(13)25-11)17(27)26-12-6-7-16(24-9-12)28-10-19(22,23)18(20)21/h2-9,18H,10H2,1H3,(H,26,27). The minimum atomic E-state index is -4.27. The number of ether oxygens (including phenoxy) is 1. The van der Waals surface area contributed by atoms with Crippen molar-refractivity contribution in [1.82, 2.24) is 9.97 Å². The van der Waals surface area contributed by atoms with Gasteiger partial charge in [-0.1, -0.05) is 18.2 Å². The number of aromatic nitrogens is 2. The highest BCUT2D eigenvalue weighted by Crippen LogP contribution is 2.24. The number of rotatable bonds is 6. The fourth-order valence-electron chi connectivity index (χ4n) is 2.47.